The molecule has 1 fully saturated rings. The molecule has 1 aliphatic heterocycles. The van der Waals surface area contributed by atoms with Gasteiger partial charge in [0.1, 0.15) is 0 Å². The Hall–Kier alpha value is -0.280. The lowest BCUT2D eigenvalue weighted by molar-refractivity contribution is -0.140. The highest BCUT2D eigenvalue weighted by Crippen LogP contribution is 2.32. The quantitative estimate of drug-likeness (QED) is 0.602. The number of hydrogen-bond acceptors (Lipinski definition) is 2. The zero-order chi connectivity index (χ0) is 10.1. The third-order valence-electron chi connectivity index (χ3n) is 2.73. The first-order chi connectivity index (χ1) is 5.96. The highest BCUT2D eigenvalue weighted by atomic mass is 35.5. The smallest absolute Gasteiger partial charge is 0.228 e. The third kappa shape index (κ3) is 2.35. The first kappa shape index (κ1) is 10.8. The van der Waals surface area contributed by atoms with E-state index in [0.717, 1.165) is 25.9 Å². The van der Waals surface area contributed by atoms with Crippen LogP contribution < -0.4 is 0 Å². The van der Waals surface area contributed by atoms with E-state index >= 15 is 0 Å². The predicted octanol–water partition coefficient (Wildman–Crippen LogP) is 1.33. The van der Waals surface area contributed by atoms with Crippen LogP contribution in [0.15, 0.2) is 0 Å². The molecule has 0 atom stereocenters. The summed E-state index contributed by atoms with van der Waals surface area (Å²) in [6.45, 7) is 3.63. The Labute approximate surface area is 84.7 Å². The van der Waals surface area contributed by atoms with Gasteiger partial charge in [-0.05, 0) is 24.6 Å². The third-order valence-corrected chi connectivity index (χ3v) is 3.07. The van der Waals surface area contributed by atoms with Crippen molar-refractivity contribution < 1.29 is 4.79 Å². The maximum atomic E-state index is 11.8. The molecule has 0 unspecified atom stereocenters. The van der Waals surface area contributed by atoms with E-state index in [1.807, 2.05) is 6.92 Å². The molecule has 13 heavy (non-hydrogen) atoms. The molecule has 0 N–H and O–H groups in total. The fraction of sp³-hybridized carbons (Fsp3) is 0.889. The summed E-state index contributed by atoms with van der Waals surface area (Å²) in [6.07, 6.45) is 1.71. The number of nitrogens with zero attached hydrogens (tertiary/aromatic N) is 2. The molecule has 1 heterocycles. The van der Waals surface area contributed by atoms with Crippen molar-refractivity contribution in [3.63, 3.8) is 0 Å². The molecular weight excluding hydrogens is 188 g/mol. The van der Waals surface area contributed by atoms with Crippen molar-refractivity contribution in [3.8, 4) is 0 Å². The Morgan fingerprint density at radius 3 is 2.23 bits per heavy atom. The Morgan fingerprint density at radius 2 is 1.85 bits per heavy atom. The van der Waals surface area contributed by atoms with E-state index in [-0.39, 0.29) is 11.3 Å². The molecule has 0 aromatic rings. The fourth-order valence-electron chi connectivity index (χ4n) is 1.73. The van der Waals surface area contributed by atoms with Crippen LogP contribution in [0.5, 0.6) is 0 Å². The number of hydrogen-bond donors (Lipinski definition) is 0. The lowest BCUT2D eigenvalue weighted by Gasteiger charge is -2.36. The van der Waals surface area contributed by atoms with Crippen LogP contribution in [0.4, 0.5) is 0 Å². The maximum Gasteiger partial charge on any atom is 0.228 e. The number of carbonyl (C=O) groups is 1. The summed E-state index contributed by atoms with van der Waals surface area (Å²) in [5, 5.41) is 0. The lowest BCUT2D eigenvalue weighted by atomic mass is 9.80. The van der Waals surface area contributed by atoms with Gasteiger partial charge in [-0.1, -0.05) is 6.92 Å². The first-order valence-electron chi connectivity index (χ1n) is 4.58. The molecule has 1 amide bonds. The molecule has 0 bridgehead atoms. The minimum absolute atomic E-state index is 0.200. The molecule has 0 aromatic carbocycles. The average molecular weight is 205 g/mol. The molecule has 3 nitrogen and oxygen atoms in total. The lowest BCUT2D eigenvalue weighted by Crippen LogP contribution is -2.44. The van der Waals surface area contributed by atoms with E-state index in [4.69, 9.17) is 11.8 Å². The zero-order valence-corrected chi connectivity index (χ0v) is 9.26. The van der Waals surface area contributed by atoms with Crippen LogP contribution in [-0.4, -0.2) is 42.4 Å². The van der Waals surface area contributed by atoms with Crippen LogP contribution in [0, 0.1) is 5.41 Å². The van der Waals surface area contributed by atoms with Crippen LogP contribution in [0.3, 0.4) is 0 Å². The summed E-state index contributed by atoms with van der Waals surface area (Å²) < 4.78 is 1.75. The van der Waals surface area contributed by atoms with Gasteiger partial charge in [0, 0.05) is 32.6 Å². The standard InChI is InChI=1S/C9H17ClN2O/c1-9(8(13)11(2)3)4-6-12(10)7-5-9/h4-7H2,1-3H3. The molecule has 0 saturated carbocycles. The van der Waals surface area contributed by atoms with E-state index in [1.165, 1.54) is 0 Å². The van der Waals surface area contributed by atoms with Crippen molar-refractivity contribution in [2.75, 3.05) is 27.2 Å². The molecule has 0 aromatic heterocycles. The van der Waals surface area contributed by atoms with Crippen molar-refractivity contribution in [1.29, 1.82) is 0 Å². The second-order valence-corrected chi connectivity index (χ2v) is 4.65. The SMILES string of the molecule is CN(C)C(=O)C1(C)CCN(Cl)CC1. The molecule has 0 spiro atoms. The van der Waals surface area contributed by atoms with E-state index < -0.39 is 0 Å². The zero-order valence-electron chi connectivity index (χ0n) is 8.51. The molecule has 1 rings (SSSR count). The van der Waals surface area contributed by atoms with Gasteiger partial charge >= 0.3 is 0 Å². The Balaban J connectivity index is 2.61. The predicted molar refractivity (Wildman–Crippen MR) is 53.5 cm³/mol. The number of amides is 1. The number of rotatable bonds is 1. The minimum atomic E-state index is -0.200. The van der Waals surface area contributed by atoms with Crippen molar-refractivity contribution in [2.24, 2.45) is 5.41 Å². The number of carbonyl (C=O) groups excluding carboxylic acids is 1. The Kier molecular flexibility index (Phi) is 3.19. The van der Waals surface area contributed by atoms with Gasteiger partial charge in [0.05, 0.1) is 0 Å². The Morgan fingerprint density at radius 1 is 1.38 bits per heavy atom. The minimum Gasteiger partial charge on any atom is -0.348 e. The van der Waals surface area contributed by atoms with Crippen molar-refractivity contribution in [3.05, 3.63) is 0 Å². The summed E-state index contributed by atoms with van der Waals surface area (Å²) in [6, 6.07) is 0. The van der Waals surface area contributed by atoms with E-state index in [2.05, 4.69) is 0 Å². The van der Waals surface area contributed by atoms with E-state index in [1.54, 1.807) is 23.4 Å². The molecular formula is C9H17ClN2O. The molecule has 76 valence electrons. The van der Waals surface area contributed by atoms with Crippen molar-refractivity contribution in [1.82, 2.24) is 9.32 Å². The summed E-state index contributed by atoms with van der Waals surface area (Å²) in [5.74, 6) is 0.220. The van der Waals surface area contributed by atoms with Crippen LogP contribution in [0.1, 0.15) is 19.8 Å². The van der Waals surface area contributed by atoms with E-state index in [0.29, 0.717) is 0 Å². The van der Waals surface area contributed by atoms with Crippen molar-refractivity contribution in [2.45, 2.75) is 19.8 Å². The summed E-state index contributed by atoms with van der Waals surface area (Å²) in [5.41, 5.74) is -0.200. The Bertz CT molecular complexity index is 198. The van der Waals surface area contributed by atoms with Gasteiger partial charge in [-0.2, -0.15) is 0 Å². The molecule has 0 radical (unpaired) electrons. The first-order valence-corrected chi connectivity index (χ1v) is 4.92. The van der Waals surface area contributed by atoms with Gasteiger partial charge in [-0.15, -0.1) is 0 Å². The van der Waals surface area contributed by atoms with E-state index in [9.17, 15) is 4.79 Å². The van der Waals surface area contributed by atoms with Gasteiger partial charge in [-0.25, -0.2) is 4.42 Å². The normalized spacial score (nSPS) is 22.8. The largest absolute Gasteiger partial charge is 0.348 e. The highest BCUT2D eigenvalue weighted by Gasteiger charge is 2.37. The van der Waals surface area contributed by atoms with Gasteiger partial charge in [-0.3, -0.25) is 4.79 Å². The maximum absolute atomic E-state index is 11.8. The summed E-state index contributed by atoms with van der Waals surface area (Å²) in [7, 11) is 3.61. The van der Waals surface area contributed by atoms with Gasteiger partial charge in [0.25, 0.3) is 0 Å². The molecule has 1 saturated heterocycles. The number of piperidine rings is 1. The monoisotopic (exact) mass is 204 g/mol. The summed E-state index contributed by atoms with van der Waals surface area (Å²) >= 11 is 5.84. The highest BCUT2D eigenvalue weighted by molar-refractivity contribution is 6.13. The van der Waals surface area contributed by atoms with Gasteiger partial charge in [0.15, 0.2) is 0 Å². The summed E-state index contributed by atoms with van der Waals surface area (Å²) in [4.78, 5) is 13.5. The van der Waals surface area contributed by atoms with Crippen LogP contribution in [-0.2, 0) is 4.79 Å². The topological polar surface area (TPSA) is 23.6 Å². The van der Waals surface area contributed by atoms with Crippen LogP contribution in [0.25, 0.3) is 0 Å². The molecule has 4 heteroatoms. The van der Waals surface area contributed by atoms with Crippen molar-refractivity contribution >= 4 is 17.7 Å². The van der Waals surface area contributed by atoms with Gasteiger partial charge < -0.3 is 4.90 Å². The second-order valence-electron chi connectivity index (χ2n) is 4.17. The molecule has 0 aliphatic carbocycles. The molecule has 1 aliphatic rings. The number of halogens is 1. The van der Waals surface area contributed by atoms with Gasteiger partial charge in [0.2, 0.25) is 5.91 Å². The second kappa shape index (κ2) is 3.84. The average Bonchev–Trinajstić information content (AvgIpc) is 2.09. The fourth-order valence-corrected chi connectivity index (χ4v) is 1.90. The van der Waals surface area contributed by atoms with Crippen LogP contribution >= 0.6 is 11.8 Å². The van der Waals surface area contributed by atoms with Crippen LogP contribution in [0.2, 0.25) is 0 Å².